The molecule has 0 saturated carbocycles. The Bertz CT molecular complexity index is 323. The maximum Gasteiger partial charge on any atom is 0.123 e. The van der Waals surface area contributed by atoms with Gasteiger partial charge in [-0.1, -0.05) is 12.1 Å². The summed E-state index contributed by atoms with van der Waals surface area (Å²) in [5.74, 6) is -0.286. The number of hydrogen-bond donors (Lipinski definition) is 1. The lowest BCUT2D eigenvalue weighted by molar-refractivity contribution is -0.0297. The van der Waals surface area contributed by atoms with Gasteiger partial charge in [-0.25, -0.2) is 4.39 Å². The molecular formula is C12H15FO2. The summed E-state index contributed by atoms with van der Waals surface area (Å²) in [6, 6.07) is 5.92. The molecule has 0 aliphatic carbocycles. The summed E-state index contributed by atoms with van der Waals surface area (Å²) in [4.78, 5) is 0. The third kappa shape index (κ3) is 2.36. The molecule has 1 fully saturated rings. The number of benzene rings is 1. The van der Waals surface area contributed by atoms with Crippen molar-refractivity contribution < 1.29 is 14.2 Å². The lowest BCUT2D eigenvalue weighted by Gasteiger charge is -2.18. The first-order valence-corrected chi connectivity index (χ1v) is 5.26. The van der Waals surface area contributed by atoms with Gasteiger partial charge in [-0.05, 0) is 37.5 Å². The van der Waals surface area contributed by atoms with Crippen molar-refractivity contribution in [3.05, 3.63) is 35.6 Å². The highest BCUT2D eigenvalue weighted by molar-refractivity contribution is 5.19. The third-order valence-electron chi connectivity index (χ3n) is 2.83. The molecule has 1 heterocycles. The van der Waals surface area contributed by atoms with Crippen LogP contribution in [0.3, 0.4) is 0 Å². The predicted octanol–water partition coefficient (Wildman–Crippen LogP) is 2.43. The van der Waals surface area contributed by atoms with Crippen molar-refractivity contribution in [3.63, 3.8) is 0 Å². The van der Waals surface area contributed by atoms with E-state index in [-0.39, 0.29) is 18.0 Å². The summed E-state index contributed by atoms with van der Waals surface area (Å²) in [6.07, 6.45) is 1.26. The highest BCUT2D eigenvalue weighted by Gasteiger charge is 2.29. The van der Waals surface area contributed by atoms with E-state index in [0.717, 1.165) is 18.4 Å². The van der Waals surface area contributed by atoms with Crippen LogP contribution in [0, 0.1) is 5.82 Å². The monoisotopic (exact) mass is 210 g/mol. The Hall–Kier alpha value is -0.930. The molecule has 1 N–H and O–H groups in total. The average Bonchev–Trinajstić information content (AvgIpc) is 2.65. The fourth-order valence-corrected chi connectivity index (χ4v) is 1.94. The second-order valence-electron chi connectivity index (χ2n) is 4.06. The molecular weight excluding hydrogens is 195 g/mol. The minimum atomic E-state index is -0.643. The van der Waals surface area contributed by atoms with Gasteiger partial charge < -0.3 is 9.84 Å². The zero-order chi connectivity index (χ0) is 10.8. The molecule has 1 saturated heterocycles. The number of hydrogen-bond acceptors (Lipinski definition) is 2. The van der Waals surface area contributed by atoms with Crippen LogP contribution in [0.2, 0.25) is 0 Å². The van der Waals surface area contributed by atoms with Crippen molar-refractivity contribution in [3.8, 4) is 0 Å². The first-order chi connectivity index (χ1) is 7.16. The Labute approximate surface area is 88.7 Å². The van der Waals surface area contributed by atoms with Crippen LogP contribution in [0.25, 0.3) is 0 Å². The first kappa shape index (κ1) is 10.6. The highest BCUT2D eigenvalue weighted by atomic mass is 19.1. The smallest absolute Gasteiger partial charge is 0.123 e. The van der Waals surface area contributed by atoms with E-state index in [2.05, 4.69) is 0 Å². The normalized spacial score (nSPS) is 27.9. The van der Waals surface area contributed by atoms with Crippen LogP contribution in [0.1, 0.15) is 31.4 Å². The fourth-order valence-electron chi connectivity index (χ4n) is 1.94. The van der Waals surface area contributed by atoms with Gasteiger partial charge in [0.15, 0.2) is 0 Å². The SMILES string of the molecule is CC1CCC(C(O)c2ccc(F)cc2)O1. The zero-order valence-electron chi connectivity index (χ0n) is 8.69. The van der Waals surface area contributed by atoms with E-state index >= 15 is 0 Å². The molecule has 1 aromatic carbocycles. The summed E-state index contributed by atoms with van der Waals surface area (Å²) in [7, 11) is 0. The van der Waals surface area contributed by atoms with E-state index < -0.39 is 6.10 Å². The molecule has 0 amide bonds. The average molecular weight is 210 g/mol. The van der Waals surface area contributed by atoms with Gasteiger partial charge in [0.25, 0.3) is 0 Å². The zero-order valence-corrected chi connectivity index (χ0v) is 8.69. The lowest BCUT2D eigenvalue weighted by Crippen LogP contribution is -2.18. The first-order valence-electron chi connectivity index (χ1n) is 5.26. The molecule has 0 spiro atoms. The molecule has 0 bridgehead atoms. The van der Waals surface area contributed by atoms with Crippen LogP contribution in [-0.2, 0) is 4.74 Å². The lowest BCUT2D eigenvalue weighted by atomic mass is 10.0. The summed E-state index contributed by atoms with van der Waals surface area (Å²) in [5, 5.41) is 9.98. The number of aliphatic hydroxyl groups is 1. The molecule has 2 nitrogen and oxygen atoms in total. The largest absolute Gasteiger partial charge is 0.386 e. The van der Waals surface area contributed by atoms with Crippen LogP contribution in [0.5, 0.6) is 0 Å². The second kappa shape index (κ2) is 4.29. The van der Waals surface area contributed by atoms with Crippen molar-refractivity contribution >= 4 is 0 Å². The summed E-state index contributed by atoms with van der Waals surface area (Å²) < 4.78 is 18.2. The van der Waals surface area contributed by atoms with Crippen molar-refractivity contribution in [1.29, 1.82) is 0 Å². The molecule has 3 heteroatoms. The molecule has 82 valence electrons. The Morgan fingerprint density at radius 1 is 1.33 bits per heavy atom. The second-order valence-corrected chi connectivity index (χ2v) is 4.06. The quantitative estimate of drug-likeness (QED) is 0.812. The van der Waals surface area contributed by atoms with Crippen LogP contribution in [0.15, 0.2) is 24.3 Å². The van der Waals surface area contributed by atoms with Crippen molar-refractivity contribution in [1.82, 2.24) is 0 Å². The van der Waals surface area contributed by atoms with Crippen molar-refractivity contribution in [2.75, 3.05) is 0 Å². The van der Waals surface area contributed by atoms with Gasteiger partial charge in [0, 0.05) is 0 Å². The van der Waals surface area contributed by atoms with Gasteiger partial charge in [0.05, 0.1) is 12.2 Å². The maximum absolute atomic E-state index is 12.7. The topological polar surface area (TPSA) is 29.5 Å². The Kier molecular flexibility index (Phi) is 3.03. The molecule has 0 radical (unpaired) electrons. The van der Waals surface area contributed by atoms with Crippen LogP contribution >= 0.6 is 0 Å². The number of halogens is 1. The molecule has 15 heavy (non-hydrogen) atoms. The van der Waals surface area contributed by atoms with Gasteiger partial charge in [-0.15, -0.1) is 0 Å². The Balaban J connectivity index is 2.07. The van der Waals surface area contributed by atoms with Crippen LogP contribution in [0.4, 0.5) is 4.39 Å². The van der Waals surface area contributed by atoms with E-state index in [4.69, 9.17) is 4.74 Å². The van der Waals surface area contributed by atoms with Gasteiger partial charge in [0.2, 0.25) is 0 Å². The van der Waals surface area contributed by atoms with Crippen LogP contribution < -0.4 is 0 Å². The van der Waals surface area contributed by atoms with E-state index in [0.29, 0.717) is 0 Å². The van der Waals surface area contributed by atoms with Gasteiger partial charge in [-0.2, -0.15) is 0 Å². The minimum absolute atomic E-state index is 0.148. The Morgan fingerprint density at radius 3 is 2.53 bits per heavy atom. The molecule has 3 unspecified atom stereocenters. The number of ether oxygens (including phenoxy) is 1. The van der Waals surface area contributed by atoms with Crippen LogP contribution in [-0.4, -0.2) is 17.3 Å². The van der Waals surface area contributed by atoms with Crippen molar-refractivity contribution in [2.24, 2.45) is 0 Å². The number of rotatable bonds is 2. The van der Waals surface area contributed by atoms with Gasteiger partial charge >= 0.3 is 0 Å². The molecule has 3 atom stereocenters. The van der Waals surface area contributed by atoms with E-state index in [9.17, 15) is 9.50 Å². The summed E-state index contributed by atoms with van der Waals surface area (Å²) in [6.45, 7) is 2.00. The minimum Gasteiger partial charge on any atom is -0.386 e. The van der Waals surface area contributed by atoms with E-state index in [1.807, 2.05) is 6.92 Å². The highest BCUT2D eigenvalue weighted by Crippen LogP contribution is 2.29. The van der Waals surface area contributed by atoms with E-state index in [1.54, 1.807) is 12.1 Å². The van der Waals surface area contributed by atoms with E-state index in [1.165, 1.54) is 12.1 Å². The third-order valence-corrected chi connectivity index (χ3v) is 2.83. The summed E-state index contributed by atoms with van der Waals surface area (Å²) >= 11 is 0. The maximum atomic E-state index is 12.7. The number of aliphatic hydroxyl groups excluding tert-OH is 1. The van der Waals surface area contributed by atoms with Gasteiger partial charge in [-0.3, -0.25) is 0 Å². The molecule has 2 rings (SSSR count). The van der Waals surface area contributed by atoms with Crippen molar-refractivity contribution in [2.45, 2.75) is 38.1 Å². The molecule has 0 aromatic heterocycles. The van der Waals surface area contributed by atoms with Gasteiger partial charge in [0.1, 0.15) is 11.9 Å². The fraction of sp³-hybridized carbons (Fsp3) is 0.500. The summed E-state index contributed by atoms with van der Waals surface area (Å²) in [5.41, 5.74) is 0.718. The standard InChI is InChI=1S/C12H15FO2/c1-8-2-7-11(15-8)12(14)9-3-5-10(13)6-4-9/h3-6,8,11-12,14H,2,7H2,1H3. The Morgan fingerprint density at radius 2 is 2.00 bits per heavy atom. The molecule has 1 aliphatic heterocycles. The predicted molar refractivity (Wildman–Crippen MR) is 54.9 cm³/mol. The molecule has 1 aliphatic rings. The molecule has 1 aromatic rings.